The van der Waals surface area contributed by atoms with Crippen molar-refractivity contribution < 1.29 is 9.50 Å². The van der Waals surface area contributed by atoms with Crippen molar-refractivity contribution in [3.05, 3.63) is 59.7 Å². The molecule has 0 bridgehead atoms. The normalized spacial score (nSPS) is 14.7. The largest absolute Gasteiger partial charge is 0.508 e. The van der Waals surface area contributed by atoms with Gasteiger partial charge in [0.05, 0.1) is 11.0 Å². The average molecular weight is 282 g/mol. The Morgan fingerprint density at radius 3 is 2.81 bits per heavy atom. The maximum atomic E-state index is 13.4. The van der Waals surface area contributed by atoms with Crippen molar-refractivity contribution in [1.82, 2.24) is 9.55 Å². The highest BCUT2D eigenvalue weighted by atomic mass is 19.1. The fourth-order valence-corrected chi connectivity index (χ4v) is 2.84. The number of hydrogen-bond acceptors (Lipinski definition) is 2. The topological polar surface area (TPSA) is 38.1 Å². The van der Waals surface area contributed by atoms with Gasteiger partial charge < -0.3 is 9.67 Å². The smallest absolute Gasteiger partial charge is 0.125 e. The molecule has 4 rings (SSSR count). The molecule has 0 radical (unpaired) electrons. The summed E-state index contributed by atoms with van der Waals surface area (Å²) in [6, 6.07) is 12.5. The molecule has 3 aromatic rings. The number of benzene rings is 2. The SMILES string of the molecule is Oc1cccc(Cc2nc3cc(F)ccc3n2C2CC2)c1. The van der Waals surface area contributed by atoms with Crippen LogP contribution in [0.15, 0.2) is 42.5 Å². The Morgan fingerprint density at radius 1 is 1.19 bits per heavy atom. The first-order chi connectivity index (χ1) is 10.2. The van der Waals surface area contributed by atoms with E-state index in [1.54, 1.807) is 12.1 Å². The van der Waals surface area contributed by atoms with E-state index in [0.717, 1.165) is 29.7 Å². The second-order valence-electron chi connectivity index (χ2n) is 5.61. The first-order valence-corrected chi connectivity index (χ1v) is 7.15. The summed E-state index contributed by atoms with van der Waals surface area (Å²) in [6.45, 7) is 0. The van der Waals surface area contributed by atoms with Gasteiger partial charge in [0.15, 0.2) is 0 Å². The van der Waals surface area contributed by atoms with Crippen LogP contribution in [0.1, 0.15) is 30.3 Å². The third-order valence-electron chi connectivity index (χ3n) is 3.91. The summed E-state index contributed by atoms with van der Waals surface area (Å²) < 4.78 is 15.6. The molecule has 0 atom stereocenters. The lowest BCUT2D eigenvalue weighted by Gasteiger charge is -2.08. The molecule has 0 saturated heterocycles. The second-order valence-corrected chi connectivity index (χ2v) is 5.61. The Kier molecular flexibility index (Phi) is 2.70. The summed E-state index contributed by atoms with van der Waals surface area (Å²) in [5.41, 5.74) is 2.71. The number of phenols is 1. The molecule has 0 aliphatic heterocycles. The molecule has 2 aromatic carbocycles. The molecule has 0 amide bonds. The van der Waals surface area contributed by atoms with E-state index in [4.69, 9.17) is 0 Å². The summed E-state index contributed by atoms with van der Waals surface area (Å²) in [5.74, 6) is 0.933. The number of aromatic nitrogens is 2. The Hall–Kier alpha value is -2.36. The molecule has 21 heavy (non-hydrogen) atoms. The molecule has 0 unspecified atom stereocenters. The van der Waals surface area contributed by atoms with E-state index in [0.29, 0.717) is 18.0 Å². The molecule has 4 heteroatoms. The summed E-state index contributed by atoms with van der Waals surface area (Å²) in [6.07, 6.45) is 2.94. The predicted octanol–water partition coefficient (Wildman–Crippen LogP) is 3.81. The number of halogens is 1. The number of fused-ring (bicyclic) bond motifs is 1. The standard InChI is InChI=1S/C17H15FN2O/c18-12-4-7-16-15(10-12)19-17(20(16)13-5-6-13)9-11-2-1-3-14(21)8-11/h1-4,7-8,10,13,21H,5-6,9H2. The monoisotopic (exact) mass is 282 g/mol. The van der Waals surface area contributed by atoms with Gasteiger partial charge in [-0.3, -0.25) is 0 Å². The van der Waals surface area contributed by atoms with Crippen molar-refractivity contribution in [2.24, 2.45) is 0 Å². The minimum atomic E-state index is -0.258. The van der Waals surface area contributed by atoms with Crippen molar-refractivity contribution in [2.45, 2.75) is 25.3 Å². The molecule has 1 aromatic heterocycles. The van der Waals surface area contributed by atoms with E-state index in [-0.39, 0.29) is 11.6 Å². The molecule has 0 spiro atoms. The molecule has 1 fully saturated rings. The van der Waals surface area contributed by atoms with Crippen molar-refractivity contribution in [1.29, 1.82) is 0 Å². The highest BCUT2D eigenvalue weighted by Gasteiger charge is 2.28. The molecule has 1 aliphatic carbocycles. The van der Waals surface area contributed by atoms with Crippen molar-refractivity contribution in [3.63, 3.8) is 0 Å². The van der Waals surface area contributed by atoms with Crippen LogP contribution in [-0.4, -0.2) is 14.7 Å². The zero-order chi connectivity index (χ0) is 14.4. The average Bonchev–Trinajstić information content (AvgIpc) is 3.21. The van der Waals surface area contributed by atoms with Crippen LogP contribution in [0.5, 0.6) is 5.75 Å². The summed E-state index contributed by atoms with van der Waals surface area (Å²) in [7, 11) is 0. The zero-order valence-electron chi connectivity index (χ0n) is 11.5. The number of hydrogen-bond donors (Lipinski definition) is 1. The number of nitrogens with zero attached hydrogens (tertiary/aromatic N) is 2. The summed E-state index contributed by atoms with van der Waals surface area (Å²) >= 11 is 0. The molecule has 1 aliphatic rings. The number of aromatic hydroxyl groups is 1. The van der Waals surface area contributed by atoms with Gasteiger partial charge in [0.2, 0.25) is 0 Å². The van der Waals surface area contributed by atoms with Crippen molar-refractivity contribution in [2.75, 3.05) is 0 Å². The van der Waals surface area contributed by atoms with E-state index in [1.165, 1.54) is 12.1 Å². The van der Waals surface area contributed by atoms with Crippen LogP contribution in [0, 0.1) is 5.82 Å². The predicted molar refractivity (Wildman–Crippen MR) is 78.9 cm³/mol. The summed E-state index contributed by atoms with van der Waals surface area (Å²) in [5, 5.41) is 9.58. The third kappa shape index (κ3) is 2.27. The maximum Gasteiger partial charge on any atom is 0.125 e. The fourth-order valence-electron chi connectivity index (χ4n) is 2.84. The molecule has 106 valence electrons. The Morgan fingerprint density at radius 2 is 2.05 bits per heavy atom. The van der Waals surface area contributed by atoms with Crippen LogP contribution in [-0.2, 0) is 6.42 Å². The van der Waals surface area contributed by atoms with Crippen LogP contribution < -0.4 is 0 Å². The first kappa shape index (κ1) is 12.4. The van der Waals surface area contributed by atoms with Crippen molar-refractivity contribution >= 4 is 11.0 Å². The zero-order valence-corrected chi connectivity index (χ0v) is 11.5. The molecular formula is C17H15FN2O. The Labute approximate surface area is 121 Å². The number of rotatable bonds is 3. The molecule has 3 nitrogen and oxygen atoms in total. The van der Waals surface area contributed by atoms with Gasteiger partial charge in [-0.2, -0.15) is 0 Å². The van der Waals surface area contributed by atoms with E-state index in [9.17, 15) is 9.50 Å². The molecule has 1 saturated carbocycles. The van der Waals surface area contributed by atoms with Crippen LogP contribution in [0.3, 0.4) is 0 Å². The Balaban J connectivity index is 1.82. The van der Waals surface area contributed by atoms with Crippen molar-refractivity contribution in [3.8, 4) is 5.75 Å². The third-order valence-corrected chi connectivity index (χ3v) is 3.91. The minimum Gasteiger partial charge on any atom is -0.508 e. The van der Waals surface area contributed by atoms with Gasteiger partial charge in [0.25, 0.3) is 0 Å². The van der Waals surface area contributed by atoms with Gasteiger partial charge in [-0.25, -0.2) is 9.37 Å². The van der Waals surface area contributed by atoms with Gasteiger partial charge in [-0.1, -0.05) is 12.1 Å². The van der Waals surface area contributed by atoms with Crippen LogP contribution in [0.4, 0.5) is 4.39 Å². The highest BCUT2D eigenvalue weighted by molar-refractivity contribution is 5.76. The molecule has 1 N–H and O–H groups in total. The fraction of sp³-hybridized carbons (Fsp3) is 0.235. The van der Waals surface area contributed by atoms with Crippen LogP contribution in [0.2, 0.25) is 0 Å². The van der Waals surface area contributed by atoms with Gasteiger partial charge >= 0.3 is 0 Å². The van der Waals surface area contributed by atoms with E-state index in [1.807, 2.05) is 18.2 Å². The van der Waals surface area contributed by atoms with Gasteiger partial charge in [0, 0.05) is 18.5 Å². The lowest BCUT2D eigenvalue weighted by Crippen LogP contribution is -2.02. The Bertz CT molecular complexity index is 821. The lowest BCUT2D eigenvalue weighted by atomic mass is 10.1. The molecule has 1 heterocycles. The first-order valence-electron chi connectivity index (χ1n) is 7.15. The van der Waals surface area contributed by atoms with Gasteiger partial charge in [-0.05, 0) is 42.7 Å². The van der Waals surface area contributed by atoms with Crippen LogP contribution in [0.25, 0.3) is 11.0 Å². The number of phenolic OH excluding ortho intramolecular Hbond substituents is 1. The lowest BCUT2D eigenvalue weighted by molar-refractivity contribution is 0.474. The van der Waals surface area contributed by atoms with Gasteiger partial charge in [0.1, 0.15) is 17.4 Å². The molecular weight excluding hydrogens is 267 g/mol. The van der Waals surface area contributed by atoms with Gasteiger partial charge in [-0.15, -0.1) is 0 Å². The second kappa shape index (κ2) is 4.58. The van der Waals surface area contributed by atoms with E-state index < -0.39 is 0 Å². The number of imidazole rings is 1. The minimum absolute atomic E-state index is 0.257. The van der Waals surface area contributed by atoms with E-state index >= 15 is 0 Å². The van der Waals surface area contributed by atoms with Crippen LogP contribution >= 0.6 is 0 Å². The highest BCUT2D eigenvalue weighted by Crippen LogP contribution is 2.39. The maximum absolute atomic E-state index is 13.4. The quantitative estimate of drug-likeness (QED) is 0.793. The summed E-state index contributed by atoms with van der Waals surface area (Å²) in [4.78, 5) is 4.60. The van der Waals surface area contributed by atoms with E-state index in [2.05, 4.69) is 9.55 Å².